The Morgan fingerprint density at radius 3 is 3.00 bits per heavy atom. The van der Waals surface area contributed by atoms with Crippen molar-refractivity contribution in [2.24, 2.45) is 5.73 Å². The van der Waals surface area contributed by atoms with Crippen LogP contribution >= 0.6 is 11.3 Å². The van der Waals surface area contributed by atoms with Gasteiger partial charge in [0.05, 0.1) is 11.7 Å². The maximum atomic E-state index is 5.60. The molecule has 0 saturated carbocycles. The Kier molecular flexibility index (Phi) is 2.81. The molecule has 0 fully saturated rings. The molecule has 0 aliphatic heterocycles. The smallest absolute Gasteiger partial charge is 0.160 e. The van der Waals surface area contributed by atoms with Gasteiger partial charge in [0.15, 0.2) is 5.82 Å². The van der Waals surface area contributed by atoms with Crippen LogP contribution in [-0.4, -0.2) is 19.5 Å². The Labute approximate surface area is 108 Å². The Morgan fingerprint density at radius 2 is 2.28 bits per heavy atom. The van der Waals surface area contributed by atoms with Gasteiger partial charge in [-0.25, -0.2) is 9.97 Å². The molecule has 0 bridgehead atoms. The molecule has 3 aromatic rings. The molecule has 5 nitrogen and oxygen atoms in total. The van der Waals surface area contributed by atoms with Crippen molar-refractivity contribution in [1.29, 1.82) is 0 Å². The Morgan fingerprint density at radius 1 is 1.39 bits per heavy atom. The molecule has 0 aliphatic carbocycles. The average molecular weight is 259 g/mol. The van der Waals surface area contributed by atoms with Gasteiger partial charge in [-0.3, -0.25) is 4.98 Å². The van der Waals surface area contributed by atoms with Gasteiger partial charge in [-0.15, -0.1) is 11.3 Å². The number of imidazole rings is 1. The van der Waals surface area contributed by atoms with E-state index in [-0.39, 0.29) is 0 Å². The highest BCUT2D eigenvalue weighted by Gasteiger charge is 2.13. The lowest BCUT2D eigenvalue weighted by molar-refractivity contribution is 0.793. The van der Waals surface area contributed by atoms with Crippen LogP contribution in [0.1, 0.15) is 11.9 Å². The topological polar surface area (TPSA) is 69.6 Å². The molecule has 18 heavy (non-hydrogen) atoms. The number of rotatable bonds is 3. The number of aromatic nitrogens is 4. The fraction of sp³-hybridized carbons (Fsp3) is 0.250. The van der Waals surface area contributed by atoms with Gasteiger partial charge in [-0.1, -0.05) is 0 Å². The van der Waals surface area contributed by atoms with Crippen molar-refractivity contribution in [3.8, 4) is 11.5 Å². The van der Waals surface area contributed by atoms with Crippen molar-refractivity contribution in [2.75, 3.05) is 0 Å². The van der Waals surface area contributed by atoms with Gasteiger partial charge in [-0.05, 0) is 13.0 Å². The lowest BCUT2D eigenvalue weighted by Gasteiger charge is -2.02. The van der Waals surface area contributed by atoms with E-state index < -0.39 is 0 Å². The van der Waals surface area contributed by atoms with Crippen molar-refractivity contribution in [3.63, 3.8) is 0 Å². The molecular formula is C12H13N5S. The quantitative estimate of drug-likeness (QED) is 0.781. The number of nitrogens with two attached hydrogens (primary N) is 1. The molecule has 2 N–H and O–H groups in total. The number of fused-ring (bicyclic) bond motifs is 1. The minimum atomic E-state index is 0.471. The summed E-state index contributed by atoms with van der Waals surface area (Å²) >= 11 is 1.57. The van der Waals surface area contributed by atoms with Gasteiger partial charge in [0.2, 0.25) is 0 Å². The monoisotopic (exact) mass is 259 g/mol. The molecule has 0 atom stereocenters. The predicted octanol–water partition coefficient (Wildman–Crippen LogP) is 2.03. The van der Waals surface area contributed by atoms with E-state index in [1.807, 2.05) is 11.4 Å². The van der Waals surface area contributed by atoms with Crippen molar-refractivity contribution in [2.45, 2.75) is 20.0 Å². The summed E-state index contributed by atoms with van der Waals surface area (Å²) in [6.07, 6.45) is 3.56. The first-order valence-electron chi connectivity index (χ1n) is 5.78. The summed E-state index contributed by atoms with van der Waals surface area (Å²) in [4.78, 5) is 13.2. The van der Waals surface area contributed by atoms with E-state index in [0.717, 1.165) is 34.1 Å². The van der Waals surface area contributed by atoms with Gasteiger partial charge in [0.1, 0.15) is 16.2 Å². The number of aryl methyl sites for hydroxylation is 1. The molecule has 0 aliphatic rings. The summed E-state index contributed by atoms with van der Waals surface area (Å²) < 4.78 is 2.15. The van der Waals surface area contributed by atoms with Crippen molar-refractivity contribution in [1.82, 2.24) is 19.5 Å². The molecular weight excluding hydrogens is 246 g/mol. The van der Waals surface area contributed by atoms with E-state index in [4.69, 9.17) is 5.73 Å². The highest BCUT2D eigenvalue weighted by molar-refractivity contribution is 7.09. The van der Waals surface area contributed by atoms with Gasteiger partial charge in [0.25, 0.3) is 0 Å². The van der Waals surface area contributed by atoms with Crippen molar-refractivity contribution in [3.05, 3.63) is 28.8 Å². The molecule has 3 rings (SSSR count). The summed E-state index contributed by atoms with van der Waals surface area (Å²) in [5.41, 5.74) is 8.47. The van der Waals surface area contributed by atoms with Crippen LogP contribution in [0.4, 0.5) is 0 Å². The van der Waals surface area contributed by atoms with Crippen LogP contribution in [0.15, 0.2) is 23.8 Å². The summed E-state index contributed by atoms with van der Waals surface area (Å²) in [7, 11) is 0. The predicted molar refractivity (Wildman–Crippen MR) is 72.2 cm³/mol. The molecule has 0 saturated heterocycles. The second-order valence-electron chi connectivity index (χ2n) is 3.87. The first-order chi connectivity index (χ1) is 8.83. The SMILES string of the molecule is CCn1c(-c2csc(CN)n2)nc2cnccc21. The third kappa shape index (κ3) is 1.70. The van der Waals surface area contributed by atoms with E-state index in [0.29, 0.717) is 6.54 Å². The van der Waals surface area contributed by atoms with E-state index in [1.165, 1.54) is 0 Å². The van der Waals surface area contributed by atoms with Crippen LogP contribution in [0.2, 0.25) is 0 Å². The lowest BCUT2D eigenvalue weighted by atomic mass is 10.4. The number of hydrogen-bond acceptors (Lipinski definition) is 5. The zero-order valence-electron chi connectivity index (χ0n) is 10.00. The molecule has 0 aromatic carbocycles. The molecule has 92 valence electrons. The summed E-state index contributed by atoms with van der Waals surface area (Å²) in [5, 5.41) is 2.93. The summed E-state index contributed by atoms with van der Waals surface area (Å²) in [5.74, 6) is 0.886. The van der Waals surface area contributed by atoms with E-state index in [9.17, 15) is 0 Å². The lowest BCUT2D eigenvalue weighted by Crippen LogP contribution is -1.99. The van der Waals surface area contributed by atoms with E-state index >= 15 is 0 Å². The van der Waals surface area contributed by atoms with Crippen LogP contribution in [-0.2, 0) is 13.1 Å². The highest BCUT2D eigenvalue weighted by Crippen LogP contribution is 2.25. The Bertz CT molecular complexity index is 685. The second-order valence-corrected chi connectivity index (χ2v) is 4.82. The van der Waals surface area contributed by atoms with Crippen molar-refractivity contribution >= 4 is 22.4 Å². The third-order valence-corrected chi connectivity index (χ3v) is 3.69. The third-order valence-electron chi connectivity index (χ3n) is 2.82. The largest absolute Gasteiger partial charge is 0.325 e. The fourth-order valence-corrected chi connectivity index (χ4v) is 2.66. The fourth-order valence-electron chi connectivity index (χ4n) is 2.00. The zero-order valence-corrected chi connectivity index (χ0v) is 10.8. The molecule has 0 spiro atoms. The minimum Gasteiger partial charge on any atom is -0.325 e. The Balaban J connectivity index is 2.21. The molecule has 0 amide bonds. The number of pyridine rings is 1. The first-order valence-corrected chi connectivity index (χ1v) is 6.66. The summed E-state index contributed by atoms with van der Waals surface area (Å²) in [6, 6.07) is 1.98. The van der Waals surface area contributed by atoms with Crippen LogP contribution in [0.25, 0.3) is 22.6 Å². The van der Waals surface area contributed by atoms with Crippen molar-refractivity contribution < 1.29 is 0 Å². The van der Waals surface area contributed by atoms with Gasteiger partial charge in [-0.2, -0.15) is 0 Å². The second kappa shape index (κ2) is 4.47. The van der Waals surface area contributed by atoms with Crippen LogP contribution in [0, 0.1) is 0 Å². The molecule has 0 unspecified atom stereocenters. The number of nitrogens with zero attached hydrogens (tertiary/aromatic N) is 4. The van der Waals surface area contributed by atoms with E-state index in [2.05, 4.69) is 26.4 Å². The highest BCUT2D eigenvalue weighted by atomic mass is 32.1. The van der Waals surface area contributed by atoms with Gasteiger partial charge >= 0.3 is 0 Å². The standard InChI is InChI=1S/C12H13N5S/c1-2-17-10-3-4-14-6-8(10)16-12(17)9-7-18-11(5-13)15-9/h3-4,6-7H,2,5,13H2,1H3. The van der Waals surface area contributed by atoms with Gasteiger partial charge in [0, 0.05) is 24.7 Å². The molecule has 0 radical (unpaired) electrons. The maximum absolute atomic E-state index is 5.60. The van der Waals surface area contributed by atoms with E-state index in [1.54, 1.807) is 23.7 Å². The van der Waals surface area contributed by atoms with Crippen LogP contribution in [0.5, 0.6) is 0 Å². The average Bonchev–Trinajstić information content (AvgIpc) is 3.02. The molecule has 3 heterocycles. The Hall–Kier alpha value is -1.79. The molecule has 6 heteroatoms. The number of hydrogen-bond donors (Lipinski definition) is 1. The minimum absolute atomic E-state index is 0.471. The maximum Gasteiger partial charge on any atom is 0.160 e. The van der Waals surface area contributed by atoms with Crippen LogP contribution in [0.3, 0.4) is 0 Å². The first kappa shape index (κ1) is 11.3. The van der Waals surface area contributed by atoms with Crippen LogP contribution < -0.4 is 5.73 Å². The zero-order chi connectivity index (χ0) is 12.5. The number of thiazole rings is 1. The summed E-state index contributed by atoms with van der Waals surface area (Å²) in [6.45, 7) is 3.42. The molecule has 3 aromatic heterocycles. The normalized spacial score (nSPS) is 11.2. The van der Waals surface area contributed by atoms with Gasteiger partial charge < -0.3 is 10.3 Å².